The molecule has 5 nitrogen and oxygen atoms in total. The summed E-state index contributed by atoms with van der Waals surface area (Å²) in [4.78, 5) is 12.9. The first-order valence-electron chi connectivity index (χ1n) is 12.8. The highest BCUT2D eigenvalue weighted by Gasteiger charge is 2.12. The molecule has 0 aliphatic carbocycles. The molecular formula is C34H24Cl2N2O3. The van der Waals surface area contributed by atoms with E-state index in [0.29, 0.717) is 39.4 Å². The lowest BCUT2D eigenvalue weighted by atomic mass is 10.1. The van der Waals surface area contributed by atoms with E-state index >= 15 is 0 Å². The molecule has 0 radical (unpaired) electrons. The van der Waals surface area contributed by atoms with Crippen molar-refractivity contribution in [3.63, 3.8) is 0 Å². The van der Waals surface area contributed by atoms with Gasteiger partial charge in [0.2, 0.25) is 0 Å². The summed E-state index contributed by atoms with van der Waals surface area (Å²) < 4.78 is 11.9. The molecule has 1 N–H and O–H groups in total. The zero-order valence-corrected chi connectivity index (χ0v) is 23.3. The van der Waals surface area contributed by atoms with Crippen molar-refractivity contribution in [1.82, 2.24) is 0 Å². The van der Waals surface area contributed by atoms with Crippen molar-refractivity contribution in [2.45, 2.75) is 13.2 Å². The first-order chi connectivity index (χ1) is 20.0. The third-order valence-electron chi connectivity index (χ3n) is 6.37. The minimum atomic E-state index is -0.530. The molecule has 7 heteroatoms. The summed E-state index contributed by atoms with van der Waals surface area (Å²) >= 11 is 12.1. The van der Waals surface area contributed by atoms with Gasteiger partial charge in [-0.3, -0.25) is 4.79 Å². The molecule has 5 aromatic carbocycles. The highest BCUT2D eigenvalue weighted by molar-refractivity contribution is 6.35. The minimum Gasteiger partial charge on any atom is -0.489 e. The number of fused-ring (bicyclic) bond motifs is 1. The first-order valence-corrected chi connectivity index (χ1v) is 13.5. The Morgan fingerprint density at radius 2 is 1.54 bits per heavy atom. The van der Waals surface area contributed by atoms with E-state index in [1.807, 2.05) is 60.7 Å². The fraction of sp³-hybridized carbons (Fsp3) is 0.0588. The predicted octanol–water partition coefficient (Wildman–Crippen LogP) is 8.85. The second kappa shape index (κ2) is 13.1. The monoisotopic (exact) mass is 578 g/mol. The molecule has 202 valence electrons. The van der Waals surface area contributed by atoms with E-state index in [4.69, 9.17) is 32.7 Å². The maximum absolute atomic E-state index is 12.9. The SMILES string of the molecule is N#C/C(=C\c1ccccc1OCc1cccc2ccccc12)C(=O)Nc1ccc(OCc2ccc(Cl)cc2Cl)cc1. The van der Waals surface area contributed by atoms with E-state index in [1.54, 1.807) is 36.4 Å². The van der Waals surface area contributed by atoms with Gasteiger partial charge in [0.15, 0.2) is 0 Å². The molecule has 0 atom stereocenters. The van der Waals surface area contributed by atoms with Crippen LogP contribution in [0.2, 0.25) is 10.0 Å². The molecule has 0 aliphatic rings. The van der Waals surface area contributed by atoms with E-state index in [1.165, 1.54) is 6.08 Å². The maximum Gasteiger partial charge on any atom is 0.266 e. The summed E-state index contributed by atoms with van der Waals surface area (Å²) in [5.41, 5.74) is 2.95. The number of carbonyl (C=O) groups is 1. The van der Waals surface area contributed by atoms with Crippen LogP contribution in [0.1, 0.15) is 16.7 Å². The van der Waals surface area contributed by atoms with E-state index in [-0.39, 0.29) is 12.2 Å². The molecule has 0 saturated carbocycles. The molecule has 41 heavy (non-hydrogen) atoms. The highest BCUT2D eigenvalue weighted by Crippen LogP contribution is 2.26. The van der Waals surface area contributed by atoms with E-state index < -0.39 is 5.91 Å². The summed E-state index contributed by atoms with van der Waals surface area (Å²) in [5.74, 6) is 0.642. The number of rotatable bonds is 9. The fourth-order valence-electron chi connectivity index (χ4n) is 4.24. The van der Waals surface area contributed by atoms with E-state index in [9.17, 15) is 10.1 Å². The van der Waals surface area contributed by atoms with Gasteiger partial charge in [0.1, 0.15) is 36.4 Å². The topological polar surface area (TPSA) is 71.3 Å². The number of hydrogen-bond donors (Lipinski definition) is 1. The Balaban J connectivity index is 1.24. The summed E-state index contributed by atoms with van der Waals surface area (Å²) in [6.07, 6.45) is 1.53. The Morgan fingerprint density at radius 3 is 2.34 bits per heavy atom. The zero-order chi connectivity index (χ0) is 28.6. The molecule has 0 spiro atoms. The van der Waals surface area contributed by atoms with Gasteiger partial charge in [-0.05, 0) is 64.9 Å². The lowest BCUT2D eigenvalue weighted by molar-refractivity contribution is -0.112. The van der Waals surface area contributed by atoms with Crippen molar-refractivity contribution >= 4 is 51.6 Å². The van der Waals surface area contributed by atoms with Gasteiger partial charge in [-0.15, -0.1) is 0 Å². The van der Waals surface area contributed by atoms with Gasteiger partial charge < -0.3 is 14.8 Å². The van der Waals surface area contributed by atoms with Crippen molar-refractivity contribution in [1.29, 1.82) is 5.26 Å². The molecule has 0 fully saturated rings. The number of nitrogens with one attached hydrogen (secondary N) is 1. The number of nitriles is 1. The van der Waals surface area contributed by atoms with Gasteiger partial charge in [-0.25, -0.2) is 0 Å². The average Bonchev–Trinajstić information content (AvgIpc) is 2.99. The van der Waals surface area contributed by atoms with Crippen LogP contribution in [0.5, 0.6) is 11.5 Å². The van der Waals surface area contributed by atoms with Crippen LogP contribution in [0.15, 0.2) is 115 Å². The lowest BCUT2D eigenvalue weighted by Gasteiger charge is -2.12. The summed E-state index contributed by atoms with van der Waals surface area (Å²) in [6, 6.07) is 35.6. The van der Waals surface area contributed by atoms with Crippen molar-refractivity contribution in [2.24, 2.45) is 0 Å². The zero-order valence-electron chi connectivity index (χ0n) is 21.8. The quantitative estimate of drug-likeness (QED) is 0.140. The highest BCUT2D eigenvalue weighted by atomic mass is 35.5. The molecule has 5 aromatic rings. The van der Waals surface area contributed by atoms with E-state index in [0.717, 1.165) is 21.9 Å². The molecule has 0 heterocycles. The Kier molecular flexibility index (Phi) is 8.85. The fourth-order valence-corrected chi connectivity index (χ4v) is 4.70. The van der Waals surface area contributed by atoms with Gasteiger partial charge in [-0.1, -0.05) is 89.9 Å². The Labute approximate surface area is 248 Å². The molecule has 1 amide bonds. The molecule has 5 rings (SSSR count). The van der Waals surface area contributed by atoms with Gasteiger partial charge in [0.25, 0.3) is 5.91 Å². The molecule has 0 unspecified atom stereocenters. The first kappa shape index (κ1) is 27.8. The predicted molar refractivity (Wildman–Crippen MR) is 164 cm³/mol. The van der Waals surface area contributed by atoms with Gasteiger partial charge >= 0.3 is 0 Å². The standard InChI is InChI=1S/C34H24Cl2N2O3/c35-28-13-12-26(32(36)19-28)22-40-30-16-14-29(15-17-30)38-34(39)27(20-37)18-24-7-2-4-11-33(24)41-21-25-9-5-8-23-6-1-3-10-31(23)25/h1-19H,21-22H2,(H,38,39)/b27-18+. The van der Waals surface area contributed by atoms with Gasteiger partial charge in [-0.2, -0.15) is 5.26 Å². The summed E-state index contributed by atoms with van der Waals surface area (Å²) in [6.45, 7) is 0.615. The van der Waals surface area contributed by atoms with Crippen molar-refractivity contribution in [3.8, 4) is 17.6 Å². The lowest BCUT2D eigenvalue weighted by Crippen LogP contribution is -2.13. The number of anilines is 1. The number of ether oxygens (including phenoxy) is 2. The number of halogens is 2. The molecule has 0 aliphatic heterocycles. The molecular weight excluding hydrogens is 555 g/mol. The number of amides is 1. The van der Waals surface area contributed by atoms with Crippen LogP contribution in [-0.2, 0) is 18.0 Å². The van der Waals surface area contributed by atoms with Crippen molar-refractivity contribution < 1.29 is 14.3 Å². The van der Waals surface area contributed by atoms with Crippen LogP contribution in [0.4, 0.5) is 5.69 Å². The van der Waals surface area contributed by atoms with Crippen LogP contribution in [0.3, 0.4) is 0 Å². The summed E-state index contributed by atoms with van der Waals surface area (Å²) in [7, 11) is 0. The van der Waals surface area contributed by atoms with Crippen molar-refractivity contribution in [2.75, 3.05) is 5.32 Å². The smallest absolute Gasteiger partial charge is 0.266 e. The number of carbonyl (C=O) groups excluding carboxylic acids is 1. The minimum absolute atomic E-state index is 0.0519. The normalized spacial score (nSPS) is 11.1. The van der Waals surface area contributed by atoms with Gasteiger partial charge in [0.05, 0.1) is 0 Å². The second-order valence-electron chi connectivity index (χ2n) is 9.14. The van der Waals surface area contributed by atoms with Crippen LogP contribution < -0.4 is 14.8 Å². The average molecular weight is 579 g/mol. The van der Waals surface area contributed by atoms with Crippen molar-refractivity contribution in [3.05, 3.63) is 142 Å². The van der Waals surface area contributed by atoms with Crippen LogP contribution in [0.25, 0.3) is 16.8 Å². The molecule has 0 saturated heterocycles. The third kappa shape index (κ3) is 7.06. The number of benzene rings is 5. The maximum atomic E-state index is 12.9. The summed E-state index contributed by atoms with van der Waals surface area (Å²) in [5, 5.41) is 15.9. The number of nitrogens with zero attached hydrogens (tertiary/aromatic N) is 1. The van der Waals surface area contributed by atoms with E-state index in [2.05, 4.69) is 23.5 Å². The number of para-hydroxylation sites is 1. The Bertz CT molecular complexity index is 1770. The second-order valence-corrected chi connectivity index (χ2v) is 9.98. The Hall–Kier alpha value is -4.76. The van der Waals surface area contributed by atoms with Crippen LogP contribution in [-0.4, -0.2) is 5.91 Å². The van der Waals surface area contributed by atoms with Crippen LogP contribution >= 0.6 is 23.2 Å². The van der Waals surface area contributed by atoms with Gasteiger partial charge in [0, 0.05) is 26.9 Å². The Morgan fingerprint density at radius 1 is 0.805 bits per heavy atom. The van der Waals surface area contributed by atoms with Crippen LogP contribution in [0, 0.1) is 11.3 Å². The number of hydrogen-bond acceptors (Lipinski definition) is 4. The molecule has 0 bridgehead atoms. The molecule has 0 aromatic heterocycles. The largest absolute Gasteiger partial charge is 0.489 e. The third-order valence-corrected chi connectivity index (χ3v) is 6.96.